The van der Waals surface area contributed by atoms with Crippen LogP contribution in [0.25, 0.3) is 0 Å². The van der Waals surface area contributed by atoms with Crippen LogP contribution < -0.4 is 0 Å². The summed E-state index contributed by atoms with van der Waals surface area (Å²) in [5.74, 6) is 1.66. The van der Waals surface area contributed by atoms with Gasteiger partial charge in [-0.3, -0.25) is 0 Å². The summed E-state index contributed by atoms with van der Waals surface area (Å²) in [5.41, 5.74) is 0. The van der Waals surface area contributed by atoms with Crippen LogP contribution in [0.1, 0.15) is 0 Å². The molecule has 0 aromatic carbocycles. The predicted octanol–water partition coefficient (Wildman–Crippen LogP) is -0.153. The van der Waals surface area contributed by atoms with E-state index in [1.165, 1.54) is 6.08 Å². The van der Waals surface area contributed by atoms with Crippen molar-refractivity contribution < 1.29 is 8.56 Å². The van der Waals surface area contributed by atoms with Crippen molar-refractivity contribution >= 4 is 21.7 Å². The molecule has 0 fully saturated rings. The van der Waals surface area contributed by atoms with E-state index in [9.17, 15) is 4.79 Å². The van der Waals surface area contributed by atoms with Crippen LogP contribution in [-0.4, -0.2) is 21.7 Å². The fraction of sp³-hybridized carbons (Fsp3) is 0.250. The Morgan fingerprint density at radius 2 is 2.57 bits per heavy atom. The molecule has 40 valence electrons. The zero-order valence-corrected chi connectivity index (χ0v) is 7.28. The van der Waals surface area contributed by atoms with Gasteiger partial charge in [-0.2, -0.15) is 0 Å². The monoisotopic (exact) mass is 162 g/mol. The Morgan fingerprint density at radius 1 is 2.00 bits per heavy atom. The first kappa shape index (κ1) is 6.75. The quantitative estimate of drug-likeness (QED) is 0.415. The molecule has 3 heteroatoms. The Balaban J connectivity index is 3.17. The topological polar surface area (TPSA) is 26.3 Å². The third-order valence-corrected chi connectivity index (χ3v) is 1.66. The maximum absolute atomic E-state index is 10.1. The standard InChI is InChI=1S/C4H8GeO2/c1-3-4(6)7-5-2/h3H,1,5H2,2H3. The zero-order valence-electron chi connectivity index (χ0n) is 4.31. The van der Waals surface area contributed by atoms with Crippen LogP contribution in [0.5, 0.6) is 0 Å². The second-order valence-corrected chi connectivity index (χ2v) is 2.77. The van der Waals surface area contributed by atoms with Gasteiger partial charge in [0.25, 0.3) is 0 Å². The van der Waals surface area contributed by atoms with Gasteiger partial charge >= 0.3 is 48.7 Å². The SMILES string of the molecule is C=CC(=O)[O][GeH2][CH3]. The summed E-state index contributed by atoms with van der Waals surface area (Å²) >= 11 is -0.911. The van der Waals surface area contributed by atoms with Crippen LogP contribution in [-0.2, 0) is 8.56 Å². The van der Waals surface area contributed by atoms with Crippen LogP contribution >= 0.6 is 0 Å². The van der Waals surface area contributed by atoms with Crippen molar-refractivity contribution in [1.82, 2.24) is 0 Å². The molecule has 0 aliphatic rings. The minimum absolute atomic E-state index is 0.275. The van der Waals surface area contributed by atoms with E-state index in [1.54, 1.807) is 0 Å². The Hall–Kier alpha value is -0.247. The molecule has 0 atom stereocenters. The van der Waals surface area contributed by atoms with Crippen LogP contribution in [0, 0.1) is 0 Å². The van der Waals surface area contributed by atoms with Gasteiger partial charge < -0.3 is 0 Å². The van der Waals surface area contributed by atoms with Crippen LogP contribution in [0.15, 0.2) is 12.7 Å². The van der Waals surface area contributed by atoms with Crippen LogP contribution in [0.3, 0.4) is 0 Å². The van der Waals surface area contributed by atoms with Crippen LogP contribution in [0.2, 0.25) is 5.76 Å². The van der Waals surface area contributed by atoms with Gasteiger partial charge in [0, 0.05) is 0 Å². The molecule has 0 aromatic rings. The summed E-state index contributed by atoms with van der Waals surface area (Å²) in [4.78, 5) is 10.1. The van der Waals surface area contributed by atoms with Crippen molar-refractivity contribution in [2.45, 2.75) is 5.76 Å². The molecule has 0 saturated carbocycles. The number of carbonyl (C=O) groups excluding carboxylic acids is 1. The normalized spacial score (nSPS) is 9.29. The molecule has 0 unspecified atom stereocenters. The van der Waals surface area contributed by atoms with Gasteiger partial charge in [-0.15, -0.1) is 0 Å². The third-order valence-electron chi connectivity index (χ3n) is 0.453. The maximum atomic E-state index is 10.1. The average molecular weight is 161 g/mol. The van der Waals surface area contributed by atoms with Gasteiger partial charge in [0.05, 0.1) is 0 Å². The molecular formula is C4H8GeO2. The molecule has 0 aromatic heterocycles. The average Bonchev–Trinajstić information content (AvgIpc) is 1.68. The third kappa shape index (κ3) is 3.59. The van der Waals surface area contributed by atoms with Crippen LogP contribution in [0.4, 0.5) is 0 Å². The van der Waals surface area contributed by atoms with E-state index in [2.05, 4.69) is 10.3 Å². The van der Waals surface area contributed by atoms with Gasteiger partial charge in [-0.05, 0) is 0 Å². The van der Waals surface area contributed by atoms with Gasteiger partial charge in [0.1, 0.15) is 0 Å². The molecule has 0 bridgehead atoms. The number of hydrogen-bond donors (Lipinski definition) is 0. The van der Waals surface area contributed by atoms with Gasteiger partial charge in [-0.25, -0.2) is 0 Å². The summed E-state index contributed by atoms with van der Waals surface area (Å²) < 4.78 is 4.62. The second kappa shape index (κ2) is 3.93. The first-order valence-electron chi connectivity index (χ1n) is 2.10. The molecular weight excluding hydrogens is 153 g/mol. The molecule has 2 nitrogen and oxygen atoms in total. The van der Waals surface area contributed by atoms with Crippen molar-refractivity contribution in [2.75, 3.05) is 0 Å². The Morgan fingerprint density at radius 3 is 2.71 bits per heavy atom. The van der Waals surface area contributed by atoms with Crippen molar-refractivity contribution in [3.8, 4) is 0 Å². The summed E-state index contributed by atoms with van der Waals surface area (Å²) in [5, 5.41) is 0. The first-order chi connectivity index (χ1) is 3.31. The number of carbonyl (C=O) groups is 1. The zero-order chi connectivity index (χ0) is 5.70. The molecule has 0 aliphatic carbocycles. The molecule has 0 N–H and O–H groups in total. The Labute approximate surface area is 49.4 Å². The van der Waals surface area contributed by atoms with Crippen molar-refractivity contribution in [1.29, 1.82) is 0 Å². The summed E-state index contributed by atoms with van der Waals surface area (Å²) in [7, 11) is 0. The molecule has 0 heterocycles. The minimum atomic E-state index is -0.911. The van der Waals surface area contributed by atoms with E-state index >= 15 is 0 Å². The van der Waals surface area contributed by atoms with Crippen molar-refractivity contribution in [3.05, 3.63) is 12.7 Å². The molecule has 0 saturated heterocycles. The van der Waals surface area contributed by atoms with Crippen molar-refractivity contribution in [2.24, 2.45) is 0 Å². The number of rotatable bonds is 2. The summed E-state index contributed by atoms with van der Waals surface area (Å²) in [6.45, 7) is 3.23. The Bertz CT molecular complexity index is 79.8. The molecule has 0 radical (unpaired) electrons. The van der Waals surface area contributed by atoms with Crippen molar-refractivity contribution in [3.63, 3.8) is 0 Å². The van der Waals surface area contributed by atoms with E-state index < -0.39 is 15.8 Å². The van der Waals surface area contributed by atoms with Gasteiger partial charge in [0.15, 0.2) is 0 Å². The molecule has 0 rings (SSSR count). The second-order valence-electron chi connectivity index (χ2n) is 0.956. The summed E-state index contributed by atoms with van der Waals surface area (Å²) in [6, 6.07) is 0. The number of hydrogen-bond acceptors (Lipinski definition) is 2. The van der Waals surface area contributed by atoms with Gasteiger partial charge in [0.2, 0.25) is 0 Å². The molecule has 7 heavy (non-hydrogen) atoms. The fourth-order valence-corrected chi connectivity index (χ4v) is 1.05. The van der Waals surface area contributed by atoms with Gasteiger partial charge in [-0.1, -0.05) is 0 Å². The summed E-state index contributed by atoms with van der Waals surface area (Å²) in [6.07, 6.45) is 1.19. The molecule has 0 spiro atoms. The Kier molecular flexibility index (Phi) is 3.79. The van der Waals surface area contributed by atoms with E-state index in [-0.39, 0.29) is 5.97 Å². The van der Waals surface area contributed by atoms with E-state index in [0.29, 0.717) is 0 Å². The fourth-order valence-electron chi connectivity index (χ4n) is 0.201. The van der Waals surface area contributed by atoms with E-state index in [1.807, 2.05) is 5.76 Å². The first-order valence-corrected chi connectivity index (χ1v) is 6.28. The van der Waals surface area contributed by atoms with E-state index in [0.717, 1.165) is 0 Å². The predicted molar refractivity (Wildman–Crippen MR) is 30.7 cm³/mol. The molecule has 0 aliphatic heterocycles. The molecule has 0 amide bonds. The van der Waals surface area contributed by atoms with E-state index in [4.69, 9.17) is 0 Å².